The van der Waals surface area contributed by atoms with Crippen LogP contribution in [0.1, 0.15) is 44.0 Å². The molecule has 2 heterocycles. The summed E-state index contributed by atoms with van der Waals surface area (Å²) in [5.74, 6) is 0.639. The minimum atomic E-state index is -0.893. The summed E-state index contributed by atoms with van der Waals surface area (Å²) in [6.07, 6.45) is 3.63. The first-order valence-corrected chi connectivity index (χ1v) is 9.57. The molecule has 28 heavy (non-hydrogen) atoms. The summed E-state index contributed by atoms with van der Waals surface area (Å²) >= 11 is 0. The first-order valence-electron chi connectivity index (χ1n) is 9.57. The van der Waals surface area contributed by atoms with Crippen LogP contribution in [-0.4, -0.2) is 45.2 Å². The second-order valence-electron chi connectivity index (χ2n) is 7.86. The minimum absolute atomic E-state index is 0.114. The van der Waals surface area contributed by atoms with E-state index in [2.05, 4.69) is 15.7 Å². The first-order chi connectivity index (χ1) is 13.3. The van der Waals surface area contributed by atoms with Crippen molar-refractivity contribution in [1.82, 2.24) is 15.1 Å². The predicted octanol–water partition coefficient (Wildman–Crippen LogP) is 1.73. The fraction of sp³-hybridized carbons (Fsp3) is 0.450. The number of aliphatic hydroxyl groups is 1. The SMILES string of the molecule is CC(C)(O)CNc1nn(C2CCNCC2)c(/C=C(\N)c2ccccc2O)c1N. The summed E-state index contributed by atoms with van der Waals surface area (Å²) in [4.78, 5) is 0. The highest BCUT2D eigenvalue weighted by molar-refractivity contribution is 5.86. The number of anilines is 2. The standard InChI is InChI=1S/C20H30N6O2/c1-20(2,28)12-24-19-18(22)16(26(25-19)13-7-9-23-10-8-13)11-15(21)14-5-3-4-6-17(14)27/h3-6,11,13,23,27-28H,7-10,12,21-22H2,1-2H3,(H,24,25)/b15-11-. The van der Waals surface area contributed by atoms with Gasteiger partial charge in [-0.05, 0) is 58.0 Å². The number of piperidine rings is 1. The van der Waals surface area contributed by atoms with Crippen molar-refractivity contribution in [2.45, 2.75) is 38.3 Å². The van der Waals surface area contributed by atoms with Crippen LogP contribution in [-0.2, 0) is 0 Å². The number of nitrogens with one attached hydrogen (secondary N) is 2. The van der Waals surface area contributed by atoms with E-state index in [1.54, 1.807) is 38.1 Å². The maximum atomic E-state index is 10.1. The number of rotatable bonds is 6. The van der Waals surface area contributed by atoms with Crippen molar-refractivity contribution >= 4 is 23.3 Å². The van der Waals surface area contributed by atoms with Crippen molar-refractivity contribution in [3.05, 3.63) is 35.5 Å². The van der Waals surface area contributed by atoms with E-state index in [1.165, 1.54) is 0 Å². The molecule has 0 radical (unpaired) electrons. The van der Waals surface area contributed by atoms with Gasteiger partial charge in [-0.3, -0.25) is 4.68 Å². The smallest absolute Gasteiger partial charge is 0.172 e. The fourth-order valence-electron chi connectivity index (χ4n) is 3.31. The van der Waals surface area contributed by atoms with Gasteiger partial charge in [0, 0.05) is 17.8 Å². The first kappa shape index (κ1) is 20.0. The summed E-state index contributed by atoms with van der Waals surface area (Å²) < 4.78 is 1.91. The van der Waals surface area contributed by atoms with Crippen LogP contribution in [0.2, 0.25) is 0 Å². The highest BCUT2D eigenvalue weighted by Crippen LogP contribution is 2.32. The molecule has 2 aromatic rings. The monoisotopic (exact) mass is 386 g/mol. The molecule has 0 saturated carbocycles. The number of benzene rings is 1. The predicted molar refractivity (Wildman–Crippen MR) is 113 cm³/mol. The molecule has 0 amide bonds. The fourth-order valence-corrected chi connectivity index (χ4v) is 3.31. The molecule has 8 heteroatoms. The molecule has 1 fully saturated rings. The van der Waals surface area contributed by atoms with Crippen molar-refractivity contribution in [2.75, 3.05) is 30.7 Å². The molecule has 1 aliphatic rings. The average Bonchev–Trinajstić information content (AvgIpc) is 2.96. The summed E-state index contributed by atoms with van der Waals surface area (Å²) in [5, 5.41) is 31.3. The lowest BCUT2D eigenvalue weighted by Crippen LogP contribution is -2.31. The number of nitrogen functional groups attached to an aromatic ring is 1. The van der Waals surface area contributed by atoms with E-state index in [1.807, 2.05) is 10.7 Å². The number of nitrogens with two attached hydrogens (primary N) is 2. The van der Waals surface area contributed by atoms with Gasteiger partial charge >= 0.3 is 0 Å². The Bertz CT molecular complexity index is 847. The van der Waals surface area contributed by atoms with Crippen LogP contribution in [0.4, 0.5) is 11.5 Å². The largest absolute Gasteiger partial charge is 0.507 e. The number of phenols is 1. The van der Waals surface area contributed by atoms with Gasteiger partial charge in [-0.15, -0.1) is 0 Å². The van der Waals surface area contributed by atoms with Crippen LogP contribution in [0.25, 0.3) is 11.8 Å². The zero-order valence-electron chi connectivity index (χ0n) is 16.4. The molecule has 0 atom stereocenters. The molecule has 8 N–H and O–H groups in total. The van der Waals surface area contributed by atoms with E-state index in [0.717, 1.165) is 25.9 Å². The van der Waals surface area contributed by atoms with Gasteiger partial charge in [0.1, 0.15) is 11.4 Å². The van der Waals surface area contributed by atoms with Crippen LogP contribution >= 0.6 is 0 Å². The summed E-state index contributed by atoms with van der Waals surface area (Å²) in [5.41, 5.74) is 13.9. The van der Waals surface area contributed by atoms with Gasteiger partial charge in [0.2, 0.25) is 0 Å². The zero-order valence-corrected chi connectivity index (χ0v) is 16.4. The van der Waals surface area contributed by atoms with Crippen LogP contribution < -0.4 is 22.1 Å². The third-order valence-electron chi connectivity index (χ3n) is 4.84. The number of phenolic OH excluding ortho intramolecular Hbond substituents is 1. The van der Waals surface area contributed by atoms with Crippen molar-refractivity contribution < 1.29 is 10.2 Å². The van der Waals surface area contributed by atoms with Gasteiger partial charge in [-0.25, -0.2) is 0 Å². The van der Waals surface area contributed by atoms with E-state index in [9.17, 15) is 10.2 Å². The maximum Gasteiger partial charge on any atom is 0.172 e. The Balaban J connectivity index is 2.00. The van der Waals surface area contributed by atoms with Crippen LogP contribution in [0, 0.1) is 0 Å². The Hall–Kier alpha value is -2.71. The maximum absolute atomic E-state index is 10.1. The van der Waals surface area contributed by atoms with Gasteiger partial charge in [0.25, 0.3) is 0 Å². The molecule has 3 rings (SSSR count). The van der Waals surface area contributed by atoms with E-state index in [4.69, 9.17) is 11.5 Å². The van der Waals surface area contributed by atoms with Crippen LogP contribution in [0.5, 0.6) is 5.75 Å². The molecule has 1 aromatic carbocycles. The average molecular weight is 387 g/mol. The topological polar surface area (TPSA) is 134 Å². The number of hydrogen-bond donors (Lipinski definition) is 6. The molecule has 0 bridgehead atoms. The van der Waals surface area contributed by atoms with Crippen molar-refractivity contribution in [3.8, 4) is 5.75 Å². The van der Waals surface area contributed by atoms with Gasteiger partial charge in [0.15, 0.2) is 5.82 Å². The molecule has 0 aliphatic carbocycles. The van der Waals surface area contributed by atoms with E-state index in [-0.39, 0.29) is 11.8 Å². The second-order valence-corrected chi connectivity index (χ2v) is 7.86. The van der Waals surface area contributed by atoms with E-state index in [0.29, 0.717) is 35.0 Å². The molecule has 1 aromatic heterocycles. The van der Waals surface area contributed by atoms with Crippen LogP contribution in [0.15, 0.2) is 24.3 Å². The summed E-state index contributed by atoms with van der Waals surface area (Å²) in [6, 6.07) is 7.12. The molecule has 8 nitrogen and oxygen atoms in total. The minimum Gasteiger partial charge on any atom is -0.507 e. The molecule has 1 aliphatic heterocycles. The molecule has 0 unspecified atom stereocenters. The lowest BCUT2D eigenvalue weighted by molar-refractivity contribution is 0.0944. The number of aromatic hydroxyl groups is 1. The molecular formula is C20H30N6O2. The third kappa shape index (κ3) is 4.58. The van der Waals surface area contributed by atoms with E-state index < -0.39 is 5.60 Å². The van der Waals surface area contributed by atoms with Crippen LogP contribution in [0.3, 0.4) is 0 Å². The summed E-state index contributed by atoms with van der Waals surface area (Å²) in [6.45, 7) is 5.58. The molecule has 1 saturated heterocycles. The van der Waals surface area contributed by atoms with Crippen molar-refractivity contribution in [1.29, 1.82) is 0 Å². The molecular weight excluding hydrogens is 356 g/mol. The summed E-state index contributed by atoms with van der Waals surface area (Å²) in [7, 11) is 0. The highest BCUT2D eigenvalue weighted by Gasteiger charge is 2.24. The Labute approximate surface area is 165 Å². The van der Waals surface area contributed by atoms with E-state index >= 15 is 0 Å². The molecule has 0 spiro atoms. The number of aromatic nitrogens is 2. The lowest BCUT2D eigenvalue weighted by atomic mass is 10.1. The molecule has 152 valence electrons. The highest BCUT2D eigenvalue weighted by atomic mass is 16.3. The Kier molecular flexibility index (Phi) is 5.81. The Morgan fingerprint density at radius 2 is 2.04 bits per heavy atom. The Morgan fingerprint density at radius 1 is 1.36 bits per heavy atom. The lowest BCUT2D eigenvalue weighted by Gasteiger charge is -2.24. The normalized spacial score (nSPS) is 16.3. The van der Waals surface area contributed by atoms with Crippen molar-refractivity contribution in [2.24, 2.45) is 5.73 Å². The zero-order chi connectivity index (χ0) is 20.3. The number of para-hydroxylation sites is 1. The van der Waals surface area contributed by atoms with Gasteiger partial charge in [-0.2, -0.15) is 5.10 Å². The quantitative estimate of drug-likeness (QED) is 0.445. The third-order valence-corrected chi connectivity index (χ3v) is 4.84. The van der Waals surface area contributed by atoms with Crippen molar-refractivity contribution in [3.63, 3.8) is 0 Å². The Morgan fingerprint density at radius 3 is 2.68 bits per heavy atom. The van der Waals surface area contributed by atoms with Gasteiger partial charge in [0.05, 0.1) is 17.3 Å². The number of nitrogens with zero attached hydrogens (tertiary/aromatic N) is 2. The van der Waals surface area contributed by atoms with Gasteiger partial charge < -0.3 is 32.3 Å². The van der Waals surface area contributed by atoms with Gasteiger partial charge in [-0.1, -0.05) is 12.1 Å². The second kappa shape index (κ2) is 8.12. The number of hydrogen-bond acceptors (Lipinski definition) is 7.